The number of carbonyl (C=O) groups is 1. The molecule has 0 saturated carbocycles. The minimum absolute atomic E-state index is 0.315. The van der Waals surface area contributed by atoms with Gasteiger partial charge in [-0.05, 0) is 31.2 Å². The van der Waals surface area contributed by atoms with Crippen molar-refractivity contribution in [2.24, 2.45) is 0 Å². The smallest absolute Gasteiger partial charge is 0.271 e. The molecule has 2 aromatic heterocycles. The van der Waals surface area contributed by atoms with Crippen LogP contribution in [0, 0.1) is 0 Å². The molecule has 0 aliphatic heterocycles. The van der Waals surface area contributed by atoms with Crippen LogP contribution in [-0.4, -0.2) is 45.9 Å². The molecule has 0 radical (unpaired) electrons. The van der Waals surface area contributed by atoms with Crippen LogP contribution in [0.4, 0.5) is 11.6 Å². The zero-order valence-corrected chi connectivity index (χ0v) is 12.4. The Hall–Kier alpha value is -2.74. The van der Waals surface area contributed by atoms with E-state index in [-0.39, 0.29) is 5.91 Å². The number of likely N-dealkylation sites (N-methyl/N-ethyl adjacent to an activating group) is 1. The summed E-state index contributed by atoms with van der Waals surface area (Å²) in [5, 5.41) is 17.3. The average Bonchev–Trinajstić information content (AvgIpc) is 2.53. The van der Waals surface area contributed by atoms with E-state index in [1.165, 1.54) is 6.20 Å². The van der Waals surface area contributed by atoms with Gasteiger partial charge in [0.05, 0.1) is 11.7 Å². The highest BCUT2D eigenvalue weighted by Gasteiger charge is 2.08. The van der Waals surface area contributed by atoms with Crippen LogP contribution in [0.1, 0.15) is 17.3 Å². The third-order valence-corrected chi connectivity index (χ3v) is 2.81. The number of anilines is 2. The van der Waals surface area contributed by atoms with E-state index in [0.29, 0.717) is 23.7 Å². The van der Waals surface area contributed by atoms with Crippen molar-refractivity contribution in [2.75, 3.05) is 23.9 Å². The monoisotopic (exact) mass is 302 g/mol. The van der Waals surface area contributed by atoms with E-state index in [1.54, 1.807) is 42.3 Å². The Morgan fingerprint density at radius 1 is 1.36 bits per heavy atom. The van der Waals surface area contributed by atoms with Crippen molar-refractivity contribution in [2.45, 2.75) is 13.0 Å². The van der Waals surface area contributed by atoms with Crippen molar-refractivity contribution in [3.8, 4) is 0 Å². The third kappa shape index (κ3) is 4.38. The number of aliphatic hydroxyl groups is 1. The fourth-order valence-corrected chi connectivity index (χ4v) is 1.78. The number of pyridine rings is 1. The fraction of sp³-hybridized carbons (Fsp3) is 0.286. The van der Waals surface area contributed by atoms with Crippen molar-refractivity contribution in [1.29, 1.82) is 0 Å². The number of amides is 1. The molecule has 3 N–H and O–H groups in total. The molecule has 0 saturated heterocycles. The van der Waals surface area contributed by atoms with E-state index in [1.807, 2.05) is 7.05 Å². The van der Waals surface area contributed by atoms with Gasteiger partial charge in [-0.15, -0.1) is 10.2 Å². The minimum atomic E-state index is -0.455. The second-order valence-electron chi connectivity index (χ2n) is 4.83. The summed E-state index contributed by atoms with van der Waals surface area (Å²) in [4.78, 5) is 17.5. The van der Waals surface area contributed by atoms with Gasteiger partial charge in [0.25, 0.3) is 5.91 Å². The van der Waals surface area contributed by atoms with Crippen molar-refractivity contribution in [1.82, 2.24) is 20.6 Å². The van der Waals surface area contributed by atoms with Gasteiger partial charge in [0.1, 0.15) is 0 Å². The largest absolute Gasteiger partial charge is 0.392 e. The zero-order chi connectivity index (χ0) is 15.9. The first-order valence-electron chi connectivity index (χ1n) is 6.75. The first-order valence-corrected chi connectivity index (χ1v) is 6.75. The van der Waals surface area contributed by atoms with Crippen LogP contribution in [0.25, 0.3) is 0 Å². The standard InChI is InChI=1S/C14H18N6O2/c1-10(21)9-20(2)13-6-5-12(16-18-13)17-19-14(22)11-4-3-7-15-8-11/h3-8,10,21H,9H2,1-2H3,(H,16,17)(H,19,22). The predicted molar refractivity (Wildman–Crippen MR) is 82.3 cm³/mol. The Bertz CT molecular complexity index is 602. The highest BCUT2D eigenvalue weighted by atomic mass is 16.3. The molecule has 116 valence electrons. The summed E-state index contributed by atoms with van der Waals surface area (Å²) in [7, 11) is 1.81. The lowest BCUT2D eigenvalue weighted by atomic mass is 10.3. The van der Waals surface area contributed by atoms with Gasteiger partial charge in [-0.2, -0.15) is 0 Å². The summed E-state index contributed by atoms with van der Waals surface area (Å²) >= 11 is 0. The Morgan fingerprint density at radius 3 is 2.77 bits per heavy atom. The molecule has 0 aliphatic carbocycles. The third-order valence-electron chi connectivity index (χ3n) is 2.81. The molecule has 2 heterocycles. The fourth-order valence-electron chi connectivity index (χ4n) is 1.78. The number of hydrazine groups is 1. The number of rotatable bonds is 6. The molecule has 0 spiro atoms. The molecule has 0 aromatic carbocycles. The summed E-state index contributed by atoms with van der Waals surface area (Å²) in [6.07, 6.45) is 2.61. The van der Waals surface area contributed by atoms with E-state index < -0.39 is 6.10 Å². The molecular weight excluding hydrogens is 284 g/mol. The molecule has 8 heteroatoms. The Kier molecular flexibility index (Phi) is 5.21. The zero-order valence-electron chi connectivity index (χ0n) is 12.4. The molecule has 22 heavy (non-hydrogen) atoms. The van der Waals surface area contributed by atoms with Crippen LogP contribution < -0.4 is 15.8 Å². The van der Waals surface area contributed by atoms with Crippen LogP contribution >= 0.6 is 0 Å². The normalized spacial score (nSPS) is 11.6. The number of hydrogen-bond acceptors (Lipinski definition) is 7. The average molecular weight is 302 g/mol. The van der Waals surface area contributed by atoms with Gasteiger partial charge >= 0.3 is 0 Å². The number of aromatic nitrogens is 3. The summed E-state index contributed by atoms with van der Waals surface area (Å²) in [6.45, 7) is 2.16. The van der Waals surface area contributed by atoms with E-state index in [9.17, 15) is 9.90 Å². The van der Waals surface area contributed by atoms with Crippen molar-refractivity contribution in [3.05, 3.63) is 42.2 Å². The molecular formula is C14H18N6O2. The summed E-state index contributed by atoms with van der Waals surface area (Å²) in [6, 6.07) is 6.77. The van der Waals surface area contributed by atoms with Gasteiger partial charge < -0.3 is 10.0 Å². The predicted octanol–water partition coefficient (Wildman–Crippen LogP) is 0.445. The van der Waals surface area contributed by atoms with Crippen molar-refractivity contribution < 1.29 is 9.90 Å². The SMILES string of the molecule is CC(O)CN(C)c1ccc(NNC(=O)c2cccnc2)nn1. The lowest BCUT2D eigenvalue weighted by Crippen LogP contribution is -2.30. The summed E-state index contributed by atoms with van der Waals surface area (Å²) in [5.74, 6) is 0.724. The lowest BCUT2D eigenvalue weighted by molar-refractivity contribution is 0.0962. The number of carbonyl (C=O) groups excluding carboxylic acids is 1. The van der Waals surface area contributed by atoms with Gasteiger partial charge in [0.15, 0.2) is 11.6 Å². The molecule has 2 rings (SSSR count). The molecule has 0 fully saturated rings. The maximum atomic E-state index is 11.8. The summed E-state index contributed by atoms with van der Waals surface area (Å²) < 4.78 is 0. The van der Waals surface area contributed by atoms with Crippen LogP contribution in [0.3, 0.4) is 0 Å². The Balaban J connectivity index is 1.90. The molecule has 0 bridgehead atoms. The van der Waals surface area contributed by atoms with Crippen molar-refractivity contribution >= 4 is 17.5 Å². The van der Waals surface area contributed by atoms with E-state index >= 15 is 0 Å². The number of aliphatic hydroxyl groups excluding tert-OH is 1. The molecule has 2 aromatic rings. The van der Waals surface area contributed by atoms with E-state index in [4.69, 9.17) is 0 Å². The second-order valence-corrected chi connectivity index (χ2v) is 4.83. The summed E-state index contributed by atoms with van der Waals surface area (Å²) in [5.41, 5.74) is 5.63. The first-order chi connectivity index (χ1) is 10.6. The second kappa shape index (κ2) is 7.32. The Labute approximate surface area is 128 Å². The van der Waals surface area contributed by atoms with E-state index in [2.05, 4.69) is 26.0 Å². The van der Waals surface area contributed by atoms with Crippen LogP contribution in [0.15, 0.2) is 36.7 Å². The molecule has 0 aliphatic rings. The molecule has 1 amide bonds. The highest BCUT2D eigenvalue weighted by molar-refractivity contribution is 5.94. The van der Waals surface area contributed by atoms with Crippen LogP contribution in [0.5, 0.6) is 0 Å². The van der Waals surface area contributed by atoms with Crippen LogP contribution in [0.2, 0.25) is 0 Å². The van der Waals surface area contributed by atoms with Crippen molar-refractivity contribution in [3.63, 3.8) is 0 Å². The molecule has 1 atom stereocenters. The van der Waals surface area contributed by atoms with Gasteiger partial charge in [-0.25, -0.2) is 0 Å². The topological polar surface area (TPSA) is 103 Å². The Morgan fingerprint density at radius 2 is 2.18 bits per heavy atom. The quantitative estimate of drug-likeness (QED) is 0.665. The molecule has 1 unspecified atom stereocenters. The van der Waals surface area contributed by atoms with Gasteiger partial charge in [0, 0.05) is 26.0 Å². The van der Waals surface area contributed by atoms with Gasteiger partial charge in [-0.1, -0.05) is 0 Å². The first kappa shape index (κ1) is 15.6. The molecule has 8 nitrogen and oxygen atoms in total. The minimum Gasteiger partial charge on any atom is -0.392 e. The maximum Gasteiger partial charge on any atom is 0.271 e. The number of nitrogens with zero attached hydrogens (tertiary/aromatic N) is 4. The van der Waals surface area contributed by atoms with E-state index in [0.717, 1.165) is 0 Å². The maximum absolute atomic E-state index is 11.8. The van der Waals surface area contributed by atoms with Crippen LogP contribution in [-0.2, 0) is 0 Å². The van der Waals surface area contributed by atoms with Gasteiger partial charge in [0.2, 0.25) is 0 Å². The number of hydrogen-bond donors (Lipinski definition) is 3. The lowest BCUT2D eigenvalue weighted by Gasteiger charge is -2.19. The highest BCUT2D eigenvalue weighted by Crippen LogP contribution is 2.10. The van der Waals surface area contributed by atoms with Gasteiger partial charge in [-0.3, -0.25) is 20.6 Å². The number of nitrogens with one attached hydrogen (secondary N) is 2.